The number of hydrogen-bond acceptors (Lipinski definition) is 7. The van der Waals surface area contributed by atoms with Crippen molar-refractivity contribution in [3.8, 4) is 6.07 Å². The van der Waals surface area contributed by atoms with E-state index in [2.05, 4.69) is 49.9 Å². The van der Waals surface area contributed by atoms with Crippen LogP contribution in [0.1, 0.15) is 46.4 Å². The van der Waals surface area contributed by atoms with E-state index in [0.29, 0.717) is 17.9 Å². The molecule has 5 aromatic rings. The normalized spacial score (nSPS) is 15.5. The Hall–Kier alpha value is -4.75. The molecule has 2 N–H and O–H groups in total. The minimum atomic E-state index is -0.363. The summed E-state index contributed by atoms with van der Waals surface area (Å²) < 4.78 is 15.3. The Kier molecular flexibility index (Phi) is 7.12. The van der Waals surface area contributed by atoms with Crippen LogP contribution in [0.5, 0.6) is 0 Å². The van der Waals surface area contributed by atoms with Crippen LogP contribution in [0.2, 0.25) is 0 Å². The first-order chi connectivity index (χ1) is 19.9. The number of nitrogens with one attached hydrogen (secondary N) is 2. The summed E-state index contributed by atoms with van der Waals surface area (Å²) in [6, 6.07) is 15.5. The molecule has 10 heteroatoms. The van der Waals surface area contributed by atoms with Gasteiger partial charge < -0.3 is 15.2 Å². The lowest BCUT2D eigenvalue weighted by Gasteiger charge is -2.18. The Morgan fingerprint density at radius 1 is 1.15 bits per heavy atom. The Morgan fingerprint density at radius 3 is 2.78 bits per heavy atom. The number of rotatable bonds is 7. The van der Waals surface area contributed by atoms with Crippen LogP contribution in [0.15, 0.2) is 73.3 Å². The second-order valence-electron chi connectivity index (χ2n) is 9.98. The van der Waals surface area contributed by atoms with Crippen molar-refractivity contribution in [2.75, 3.05) is 11.9 Å². The summed E-state index contributed by atoms with van der Waals surface area (Å²) in [5.41, 5.74) is 5.34. The van der Waals surface area contributed by atoms with Crippen molar-refractivity contribution in [1.29, 1.82) is 5.26 Å². The van der Waals surface area contributed by atoms with Gasteiger partial charge in [0.25, 0.3) is 5.91 Å². The molecule has 1 unspecified atom stereocenters. The third-order valence-electron chi connectivity index (χ3n) is 7.16. The van der Waals surface area contributed by atoms with Crippen molar-refractivity contribution in [3.63, 3.8) is 0 Å². The summed E-state index contributed by atoms with van der Waals surface area (Å²) in [4.78, 5) is 27.8. The topological polar surface area (TPSA) is 109 Å². The summed E-state index contributed by atoms with van der Waals surface area (Å²) >= 11 is 1.78. The fourth-order valence-corrected chi connectivity index (χ4v) is 6.15. The van der Waals surface area contributed by atoms with Crippen LogP contribution in [0, 0.1) is 17.1 Å². The van der Waals surface area contributed by atoms with Crippen LogP contribution >= 0.6 is 11.8 Å². The summed E-state index contributed by atoms with van der Waals surface area (Å²) in [5.74, 6) is -0.286. The van der Waals surface area contributed by atoms with E-state index in [1.165, 1.54) is 29.3 Å². The summed E-state index contributed by atoms with van der Waals surface area (Å²) in [7, 11) is 1.99. The minimum absolute atomic E-state index is 0.234. The number of aryl methyl sites for hydroxylation is 1. The first kappa shape index (κ1) is 26.5. The maximum Gasteiger partial charge on any atom is 0.255 e. The molecule has 0 fully saturated rings. The number of aromatic nitrogens is 4. The van der Waals surface area contributed by atoms with Crippen molar-refractivity contribution in [3.05, 3.63) is 101 Å². The third-order valence-corrected chi connectivity index (χ3v) is 8.51. The number of anilines is 1. The smallest absolute Gasteiger partial charge is 0.255 e. The quantitative estimate of drug-likeness (QED) is 0.251. The highest BCUT2D eigenvalue weighted by Gasteiger charge is 2.22. The zero-order chi connectivity index (χ0) is 28.5. The number of carbonyl (C=O) groups is 1. The average Bonchev–Trinajstić information content (AvgIpc) is 3.63. The molecule has 0 spiro atoms. The van der Waals surface area contributed by atoms with E-state index in [4.69, 9.17) is 0 Å². The summed E-state index contributed by atoms with van der Waals surface area (Å²) in [6.45, 7) is 2.41. The molecule has 0 radical (unpaired) electrons. The number of thioether (sulfide) groups is 1. The van der Waals surface area contributed by atoms with Gasteiger partial charge in [-0.05, 0) is 54.8 Å². The SMILES string of the molecule is C[C@H](NC(=O)c1cc(C#N)cnc1NCC1CC=C(c2ccc3ncc4ncn(C)c4c3c2)S1)c1ccc(F)cc1. The highest BCUT2D eigenvalue weighted by molar-refractivity contribution is 8.09. The number of carbonyl (C=O) groups excluding carboxylic acids is 1. The van der Waals surface area contributed by atoms with Gasteiger partial charge in [-0.1, -0.05) is 24.3 Å². The number of amides is 1. The van der Waals surface area contributed by atoms with Gasteiger partial charge in [0, 0.05) is 35.3 Å². The van der Waals surface area contributed by atoms with E-state index in [-0.39, 0.29) is 28.6 Å². The number of benzene rings is 2. The van der Waals surface area contributed by atoms with Crippen LogP contribution in [0.3, 0.4) is 0 Å². The van der Waals surface area contributed by atoms with Crippen molar-refractivity contribution < 1.29 is 9.18 Å². The van der Waals surface area contributed by atoms with Gasteiger partial charge in [0.05, 0.1) is 40.7 Å². The summed E-state index contributed by atoms with van der Waals surface area (Å²) in [5, 5.41) is 17.0. The number of pyridine rings is 2. The van der Waals surface area contributed by atoms with Gasteiger partial charge in [0.2, 0.25) is 0 Å². The first-order valence-electron chi connectivity index (χ1n) is 13.2. The second kappa shape index (κ2) is 11.0. The first-order valence-corrected chi connectivity index (χ1v) is 14.0. The number of nitriles is 1. The van der Waals surface area contributed by atoms with Gasteiger partial charge in [-0.15, -0.1) is 11.8 Å². The second-order valence-corrected chi connectivity index (χ2v) is 11.3. The van der Waals surface area contributed by atoms with E-state index in [1.807, 2.05) is 24.6 Å². The molecule has 41 heavy (non-hydrogen) atoms. The zero-order valence-corrected chi connectivity index (χ0v) is 23.2. The molecule has 2 atom stereocenters. The lowest BCUT2D eigenvalue weighted by molar-refractivity contribution is 0.0940. The molecule has 204 valence electrons. The maximum absolute atomic E-state index is 13.3. The van der Waals surface area contributed by atoms with Crippen LogP contribution in [0.25, 0.3) is 26.8 Å². The van der Waals surface area contributed by atoms with Gasteiger partial charge in [-0.3, -0.25) is 9.78 Å². The third kappa shape index (κ3) is 5.36. The molecule has 0 saturated carbocycles. The molecular weight excluding hydrogens is 537 g/mol. The average molecular weight is 564 g/mol. The number of fused-ring (bicyclic) bond motifs is 3. The lowest BCUT2D eigenvalue weighted by atomic mass is 10.1. The fraction of sp³-hybridized carbons (Fsp3) is 0.194. The van der Waals surface area contributed by atoms with Crippen molar-refractivity contribution >= 4 is 50.3 Å². The highest BCUT2D eigenvalue weighted by atomic mass is 32.2. The Labute approximate surface area is 240 Å². The number of halogens is 1. The van der Waals surface area contributed by atoms with E-state index in [1.54, 1.807) is 36.4 Å². The maximum atomic E-state index is 13.3. The van der Waals surface area contributed by atoms with E-state index < -0.39 is 0 Å². The van der Waals surface area contributed by atoms with Gasteiger partial charge in [0.15, 0.2) is 0 Å². The Morgan fingerprint density at radius 2 is 1.98 bits per heavy atom. The Bertz CT molecular complexity index is 1860. The minimum Gasteiger partial charge on any atom is -0.368 e. The molecule has 1 amide bonds. The van der Waals surface area contributed by atoms with E-state index in [9.17, 15) is 14.4 Å². The molecular formula is C31H26FN7OS. The molecule has 0 saturated heterocycles. The number of allylic oxidation sites excluding steroid dienone is 1. The molecule has 4 heterocycles. The largest absolute Gasteiger partial charge is 0.368 e. The lowest BCUT2D eigenvalue weighted by Crippen LogP contribution is -2.28. The van der Waals surface area contributed by atoms with Gasteiger partial charge in [-0.25, -0.2) is 14.4 Å². The zero-order valence-electron chi connectivity index (χ0n) is 22.4. The van der Waals surface area contributed by atoms with E-state index >= 15 is 0 Å². The van der Waals surface area contributed by atoms with Gasteiger partial charge in [-0.2, -0.15) is 5.26 Å². The van der Waals surface area contributed by atoms with E-state index in [0.717, 1.165) is 39.5 Å². The summed E-state index contributed by atoms with van der Waals surface area (Å²) in [6.07, 6.45) is 8.16. The molecule has 0 aliphatic carbocycles. The fourth-order valence-electron chi connectivity index (χ4n) is 4.98. The number of nitrogens with zero attached hydrogens (tertiary/aromatic N) is 5. The monoisotopic (exact) mass is 563 g/mol. The van der Waals surface area contributed by atoms with Crippen molar-refractivity contribution in [2.24, 2.45) is 7.05 Å². The molecule has 8 nitrogen and oxygen atoms in total. The highest BCUT2D eigenvalue weighted by Crippen LogP contribution is 2.40. The van der Waals surface area contributed by atoms with Crippen LogP contribution in [-0.2, 0) is 7.05 Å². The van der Waals surface area contributed by atoms with Crippen LogP contribution in [-0.4, -0.2) is 37.2 Å². The molecule has 2 aromatic carbocycles. The van der Waals surface area contributed by atoms with Gasteiger partial charge >= 0.3 is 0 Å². The molecule has 3 aromatic heterocycles. The van der Waals surface area contributed by atoms with Gasteiger partial charge in [0.1, 0.15) is 23.2 Å². The van der Waals surface area contributed by atoms with Crippen molar-refractivity contribution in [1.82, 2.24) is 24.8 Å². The van der Waals surface area contributed by atoms with Crippen molar-refractivity contribution in [2.45, 2.75) is 24.6 Å². The van der Waals surface area contributed by atoms with Crippen LogP contribution < -0.4 is 10.6 Å². The molecule has 6 rings (SSSR count). The number of hydrogen-bond donors (Lipinski definition) is 2. The molecule has 0 bridgehead atoms. The Balaban J connectivity index is 1.15. The van der Waals surface area contributed by atoms with Crippen LogP contribution in [0.4, 0.5) is 10.2 Å². The number of imidazole rings is 1. The molecule has 1 aliphatic heterocycles. The predicted octanol–water partition coefficient (Wildman–Crippen LogP) is 5.98. The predicted molar refractivity (Wildman–Crippen MR) is 160 cm³/mol. The molecule has 1 aliphatic rings. The standard InChI is InChI=1S/C31H26FN7OS/c1-18(20-3-6-22(32)7-4-20)38-31(40)25-11-19(13-33)14-35-30(25)36-15-23-8-10-28(41-23)21-5-9-26-24(12-21)29-27(16-34-26)37-17-39(29)2/h3-7,9-12,14,16-18,23H,8,15H2,1-2H3,(H,35,36)(H,38,40)/t18-,23?/m0/s1.